The second-order valence-corrected chi connectivity index (χ2v) is 7.05. The Kier molecular flexibility index (Phi) is 4.32. The van der Waals surface area contributed by atoms with E-state index in [9.17, 15) is 8.42 Å². The minimum absolute atomic E-state index is 0.0282. The van der Waals surface area contributed by atoms with Gasteiger partial charge >= 0.3 is 0 Å². The third-order valence-corrected chi connectivity index (χ3v) is 5.00. The summed E-state index contributed by atoms with van der Waals surface area (Å²) >= 11 is 0. The molecule has 1 atom stereocenters. The van der Waals surface area contributed by atoms with E-state index in [0.717, 1.165) is 6.42 Å². The van der Waals surface area contributed by atoms with Gasteiger partial charge in [-0.15, -0.1) is 0 Å². The molecule has 1 unspecified atom stereocenters. The minimum atomic E-state index is -3.48. The Balaban J connectivity index is 2.08. The summed E-state index contributed by atoms with van der Waals surface area (Å²) < 4.78 is 32.7. The van der Waals surface area contributed by atoms with Gasteiger partial charge in [-0.2, -0.15) is 0 Å². The van der Waals surface area contributed by atoms with Crippen molar-refractivity contribution in [1.29, 1.82) is 0 Å². The van der Waals surface area contributed by atoms with Gasteiger partial charge in [-0.1, -0.05) is 12.8 Å². The molecule has 1 heterocycles. The van der Waals surface area contributed by atoms with Crippen LogP contribution in [0.5, 0.6) is 0 Å². The van der Waals surface area contributed by atoms with Gasteiger partial charge in [-0.05, 0) is 33.2 Å². The van der Waals surface area contributed by atoms with Crippen molar-refractivity contribution in [2.24, 2.45) is 5.92 Å². The summed E-state index contributed by atoms with van der Waals surface area (Å²) in [7, 11) is -1.68. The first-order valence-electron chi connectivity index (χ1n) is 6.68. The molecule has 1 aromatic heterocycles. The highest BCUT2D eigenvalue weighted by Gasteiger charge is 2.28. The molecule has 2 rings (SSSR count). The van der Waals surface area contributed by atoms with E-state index in [2.05, 4.69) is 10.0 Å². The molecule has 1 saturated carbocycles. The van der Waals surface area contributed by atoms with Crippen molar-refractivity contribution in [3.63, 3.8) is 0 Å². The van der Waals surface area contributed by atoms with Crippen molar-refractivity contribution in [1.82, 2.24) is 10.0 Å². The zero-order valence-electron chi connectivity index (χ0n) is 11.7. The molecule has 0 saturated heterocycles. The third kappa shape index (κ3) is 3.81. The van der Waals surface area contributed by atoms with E-state index < -0.39 is 10.0 Å². The highest BCUT2D eigenvalue weighted by molar-refractivity contribution is 7.89. The van der Waals surface area contributed by atoms with E-state index in [1.807, 2.05) is 6.92 Å². The molecule has 0 amide bonds. The summed E-state index contributed by atoms with van der Waals surface area (Å²) in [5, 5.41) is 2.94. The van der Waals surface area contributed by atoms with Crippen LogP contribution in [-0.2, 0) is 16.6 Å². The highest BCUT2D eigenvalue weighted by atomic mass is 32.2. The van der Waals surface area contributed by atoms with Crippen molar-refractivity contribution in [3.8, 4) is 0 Å². The maximum absolute atomic E-state index is 12.3. The predicted octanol–water partition coefficient (Wildman–Crippen LogP) is 1.77. The number of hydrogen-bond acceptors (Lipinski definition) is 4. The molecule has 1 aliphatic rings. The Morgan fingerprint density at radius 3 is 2.74 bits per heavy atom. The van der Waals surface area contributed by atoms with Crippen LogP contribution in [0.2, 0.25) is 0 Å². The quantitative estimate of drug-likeness (QED) is 0.801. The van der Waals surface area contributed by atoms with Gasteiger partial charge in [0, 0.05) is 12.1 Å². The maximum Gasteiger partial charge on any atom is 0.244 e. The molecular formula is C13H22N2O3S. The first-order valence-corrected chi connectivity index (χ1v) is 8.17. The van der Waals surface area contributed by atoms with Gasteiger partial charge < -0.3 is 9.73 Å². The third-order valence-electron chi connectivity index (χ3n) is 3.30. The van der Waals surface area contributed by atoms with Crippen molar-refractivity contribution in [2.75, 3.05) is 7.05 Å². The minimum Gasteiger partial charge on any atom is -0.464 e. The van der Waals surface area contributed by atoms with Crippen LogP contribution in [0.15, 0.2) is 15.4 Å². The largest absolute Gasteiger partial charge is 0.464 e. The fraction of sp³-hybridized carbons (Fsp3) is 0.692. The Morgan fingerprint density at radius 2 is 2.16 bits per heavy atom. The molecule has 1 aromatic rings. The fourth-order valence-electron chi connectivity index (χ4n) is 2.28. The highest BCUT2D eigenvalue weighted by Crippen LogP contribution is 2.33. The molecule has 1 aliphatic carbocycles. The van der Waals surface area contributed by atoms with Gasteiger partial charge in [0.15, 0.2) is 0 Å². The van der Waals surface area contributed by atoms with E-state index in [4.69, 9.17) is 4.42 Å². The van der Waals surface area contributed by atoms with E-state index in [1.54, 1.807) is 20.0 Å². The molecule has 0 spiro atoms. The van der Waals surface area contributed by atoms with Gasteiger partial charge in [-0.25, -0.2) is 13.1 Å². The summed E-state index contributed by atoms with van der Waals surface area (Å²) in [5.41, 5.74) is 0. The number of nitrogens with one attached hydrogen (secondary N) is 2. The van der Waals surface area contributed by atoms with Crippen LogP contribution in [0.3, 0.4) is 0 Å². The SMILES string of the molecule is CNCc1cc(S(=O)(=O)NC(C)CC2CC2)c(C)o1. The zero-order chi connectivity index (χ0) is 14.0. The fourth-order valence-corrected chi connectivity index (χ4v) is 3.74. The summed E-state index contributed by atoms with van der Waals surface area (Å²) in [4.78, 5) is 0.250. The van der Waals surface area contributed by atoms with E-state index in [-0.39, 0.29) is 10.9 Å². The van der Waals surface area contributed by atoms with Gasteiger partial charge in [0.1, 0.15) is 16.4 Å². The van der Waals surface area contributed by atoms with Gasteiger partial charge in [0.2, 0.25) is 10.0 Å². The van der Waals surface area contributed by atoms with Crippen molar-refractivity contribution in [2.45, 2.75) is 50.6 Å². The topological polar surface area (TPSA) is 71.3 Å². The molecule has 19 heavy (non-hydrogen) atoms. The first-order chi connectivity index (χ1) is 8.92. The lowest BCUT2D eigenvalue weighted by Crippen LogP contribution is -2.33. The average Bonchev–Trinajstić information content (AvgIpc) is 3.00. The zero-order valence-corrected chi connectivity index (χ0v) is 12.5. The number of rotatable bonds is 7. The average molecular weight is 286 g/mol. The number of furan rings is 1. The lowest BCUT2D eigenvalue weighted by atomic mass is 10.2. The second-order valence-electron chi connectivity index (χ2n) is 5.36. The van der Waals surface area contributed by atoms with Crippen LogP contribution >= 0.6 is 0 Å². The Bertz CT molecular complexity index is 532. The summed E-state index contributed by atoms with van der Waals surface area (Å²) in [6.45, 7) is 4.12. The first kappa shape index (κ1) is 14.6. The molecule has 2 N–H and O–H groups in total. The van der Waals surface area contributed by atoms with E-state index in [1.165, 1.54) is 12.8 Å². The smallest absolute Gasteiger partial charge is 0.244 e. The Hall–Kier alpha value is -0.850. The molecular weight excluding hydrogens is 264 g/mol. The second kappa shape index (κ2) is 5.64. The van der Waals surface area contributed by atoms with Crippen molar-refractivity contribution in [3.05, 3.63) is 17.6 Å². The number of hydrogen-bond donors (Lipinski definition) is 2. The Morgan fingerprint density at radius 1 is 1.47 bits per heavy atom. The van der Waals surface area contributed by atoms with Gasteiger partial charge in [0.05, 0.1) is 6.54 Å². The summed E-state index contributed by atoms with van der Waals surface area (Å²) in [6, 6.07) is 1.57. The molecule has 0 aromatic carbocycles. The van der Waals surface area contributed by atoms with Crippen molar-refractivity contribution >= 4 is 10.0 Å². The summed E-state index contributed by atoms with van der Waals surface area (Å²) in [5.74, 6) is 1.77. The molecule has 6 heteroatoms. The molecule has 0 bridgehead atoms. The summed E-state index contributed by atoms with van der Waals surface area (Å²) in [6.07, 6.45) is 3.37. The molecule has 0 radical (unpaired) electrons. The van der Waals surface area contributed by atoms with Gasteiger partial charge in [0.25, 0.3) is 0 Å². The Labute approximate surface area is 114 Å². The lowest BCUT2D eigenvalue weighted by Gasteiger charge is -2.13. The van der Waals surface area contributed by atoms with Crippen molar-refractivity contribution < 1.29 is 12.8 Å². The van der Waals surface area contributed by atoms with Crippen LogP contribution in [0.1, 0.15) is 37.7 Å². The maximum atomic E-state index is 12.3. The van der Waals surface area contributed by atoms with Crippen LogP contribution in [0.25, 0.3) is 0 Å². The number of sulfonamides is 1. The van der Waals surface area contributed by atoms with Crippen LogP contribution in [-0.4, -0.2) is 21.5 Å². The lowest BCUT2D eigenvalue weighted by molar-refractivity contribution is 0.465. The standard InChI is InChI=1S/C13H22N2O3S/c1-9(6-11-4-5-11)15-19(16,17)13-7-12(8-14-3)18-10(13)2/h7,9,11,14-15H,4-6,8H2,1-3H3. The molecule has 108 valence electrons. The predicted molar refractivity (Wildman–Crippen MR) is 73.3 cm³/mol. The molecule has 5 nitrogen and oxygen atoms in total. The normalized spacial score (nSPS) is 17.6. The molecule has 0 aliphatic heterocycles. The van der Waals surface area contributed by atoms with Crippen LogP contribution in [0.4, 0.5) is 0 Å². The van der Waals surface area contributed by atoms with Crippen LogP contribution in [0, 0.1) is 12.8 Å². The van der Waals surface area contributed by atoms with Crippen LogP contribution < -0.4 is 10.0 Å². The van der Waals surface area contributed by atoms with Gasteiger partial charge in [-0.3, -0.25) is 0 Å². The number of aryl methyl sites for hydroxylation is 1. The van der Waals surface area contributed by atoms with E-state index >= 15 is 0 Å². The van der Waals surface area contributed by atoms with E-state index in [0.29, 0.717) is 24.0 Å². The molecule has 1 fully saturated rings. The monoisotopic (exact) mass is 286 g/mol.